The summed E-state index contributed by atoms with van der Waals surface area (Å²) in [6.45, 7) is 3.87. The van der Waals surface area contributed by atoms with Gasteiger partial charge in [-0.05, 0) is 80.1 Å². The second-order valence-corrected chi connectivity index (χ2v) is 10.2. The molecule has 2 bridgehead atoms. The number of imide groups is 1. The molecule has 2 aromatic rings. The van der Waals surface area contributed by atoms with Crippen LogP contribution >= 0.6 is 0 Å². The fourth-order valence-corrected chi connectivity index (χ4v) is 5.77. The molecule has 9 nitrogen and oxygen atoms in total. The molecular weight excluding hydrogens is 500 g/mol. The number of esters is 2. The van der Waals surface area contributed by atoms with Gasteiger partial charge in [0, 0.05) is 5.69 Å². The van der Waals surface area contributed by atoms with Gasteiger partial charge in [0.25, 0.3) is 5.91 Å². The third kappa shape index (κ3) is 5.08. The molecular formula is C30H30N2O7. The van der Waals surface area contributed by atoms with Crippen LogP contribution in [0.5, 0.6) is 0 Å². The van der Waals surface area contributed by atoms with Crippen LogP contribution in [0.4, 0.5) is 11.4 Å². The highest BCUT2D eigenvalue weighted by molar-refractivity contribution is 6.23. The zero-order valence-electron chi connectivity index (χ0n) is 21.8. The van der Waals surface area contributed by atoms with Gasteiger partial charge in [-0.25, -0.2) is 9.59 Å². The summed E-state index contributed by atoms with van der Waals surface area (Å²) >= 11 is 0. The highest BCUT2D eigenvalue weighted by Crippen LogP contribution is 2.55. The van der Waals surface area contributed by atoms with Gasteiger partial charge in [0.15, 0.2) is 6.61 Å². The van der Waals surface area contributed by atoms with E-state index < -0.39 is 24.5 Å². The highest BCUT2D eigenvalue weighted by atomic mass is 16.5. The largest absolute Gasteiger partial charge is 0.462 e. The van der Waals surface area contributed by atoms with Crippen LogP contribution in [0.25, 0.3) is 0 Å². The van der Waals surface area contributed by atoms with Crippen molar-refractivity contribution in [3.8, 4) is 0 Å². The summed E-state index contributed by atoms with van der Waals surface area (Å²) < 4.78 is 10.3. The molecule has 3 aliphatic rings. The molecule has 4 atom stereocenters. The first kappa shape index (κ1) is 26.3. The number of fused-ring (bicyclic) bond motifs is 5. The minimum Gasteiger partial charge on any atom is -0.462 e. The lowest BCUT2D eigenvalue weighted by Crippen LogP contribution is -2.33. The number of allylic oxidation sites excluding steroid dienone is 2. The Hall–Kier alpha value is -4.27. The van der Waals surface area contributed by atoms with Gasteiger partial charge in [-0.15, -0.1) is 0 Å². The zero-order valence-corrected chi connectivity index (χ0v) is 21.8. The number of carbonyl (C=O) groups is 5. The minimum absolute atomic E-state index is 0.117. The molecule has 1 saturated heterocycles. The number of ether oxygens (including phenoxy) is 2. The van der Waals surface area contributed by atoms with Crippen LogP contribution < -0.4 is 10.2 Å². The smallest absolute Gasteiger partial charge is 0.338 e. The molecule has 1 heterocycles. The average molecular weight is 531 g/mol. The van der Waals surface area contributed by atoms with Crippen molar-refractivity contribution in [1.29, 1.82) is 0 Å². The van der Waals surface area contributed by atoms with Crippen LogP contribution in [-0.2, 0) is 23.9 Å². The Morgan fingerprint density at radius 2 is 1.51 bits per heavy atom. The van der Waals surface area contributed by atoms with Gasteiger partial charge in [-0.2, -0.15) is 0 Å². The summed E-state index contributed by atoms with van der Waals surface area (Å²) in [6.07, 6.45) is 4.70. The van der Waals surface area contributed by atoms with E-state index in [-0.39, 0.29) is 41.0 Å². The topological polar surface area (TPSA) is 119 Å². The summed E-state index contributed by atoms with van der Waals surface area (Å²) in [4.78, 5) is 64.1. The third-order valence-corrected chi connectivity index (χ3v) is 7.71. The second-order valence-electron chi connectivity index (χ2n) is 10.2. The molecule has 1 saturated carbocycles. The first-order chi connectivity index (χ1) is 18.8. The molecule has 0 radical (unpaired) electrons. The molecule has 1 aliphatic heterocycles. The third-order valence-electron chi connectivity index (χ3n) is 7.71. The van der Waals surface area contributed by atoms with Gasteiger partial charge in [0.05, 0.1) is 35.3 Å². The standard InChI is InChI=1S/C30H30N2O7/c1-3-4-13-38-29(36)18-5-9-21(10-6-18)31-24(33)16-39-30(37)19-7-11-22(12-8-19)32-27(34)25-20-14-17(2)23(15-20)26(25)28(32)35/h5-12,14,20,23,25-26H,3-4,13,15-16H2,1-2H3,(H,31,33)/t20-,23+,25+,26-/m0/s1. The van der Waals surface area contributed by atoms with E-state index in [0.29, 0.717) is 23.5 Å². The van der Waals surface area contributed by atoms with Crippen molar-refractivity contribution in [3.05, 3.63) is 71.3 Å². The monoisotopic (exact) mass is 530 g/mol. The number of hydrogen-bond acceptors (Lipinski definition) is 7. The lowest BCUT2D eigenvalue weighted by Gasteiger charge is -2.19. The van der Waals surface area contributed by atoms with Crippen molar-refractivity contribution in [2.24, 2.45) is 23.7 Å². The number of amides is 3. The van der Waals surface area contributed by atoms with Gasteiger partial charge in [-0.1, -0.05) is 25.0 Å². The van der Waals surface area contributed by atoms with Crippen LogP contribution in [-0.4, -0.2) is 42.9 Å². The SMILES string of the molecule is CCCCOC(=O)c1ccc(NC(=O)COC(=O)c2ccc(N3C(=O)[C@@H]4[C@H](C3=O)[C@H]3C=C(C)[C@H]4C3)cc2)cc1. The molecule has 5 rings (SSSR count). The van der Waals surface area contributed by atoms with E-state index in [9.17, 15) is 24.0 Å². The van der Waals surface area contributed by atoms with E-state index in [1.165, 1.54) is 22.6 Å². The van der Waals surface area contributed by atoms with E-state index in [0.717, 1.165) is 19.3 Å². The van der Waals surface area contributed by atoms with Gasteiger partial charge in [0.2, 0.25) is 11.8 Å². The van der Waals surface area contributed by atoms with Crippen molar-refractivity contribution in [3.63, 3.8) is 0 Å². The lowest BCUT2D eigenvalue weighted by atomic mass is 9.82. The quantitative estimate of drug-likeness (QED) is 0.224. The first-order valence-electron chi connectivity index (χ1n) is 13.2. The van der Waals surface area contributed by atoms with E-state index in [1.54, 1.807) is 36.4 Å². The summed E-state index contributed by atoms with van der Waals surface area (Å²) in [5.41, 5.74) is 2.61. The van der Waals surface area contributed by atoms with E-state index in [2.05, 4.69) is 11.4 Å². The van der Waals surface area contributed by atoms with Crippen LogP contribution in [0.15, 0.2) is 60.2 Å². The molecule has 0 aromatic heterocycles. The second kappa shape index (κ2) is 10.8. The fourth-order valence-electron chi connectivity index (χ4n) is 5.77. The first-order valence-corrected chi connectivity index (χ1v) is 13.2. The number of rotatable bonds is 9. The Labute approximate surface area is 226 Å². The van der Waals surface area contributed by atoms with Gasteiger partial charge >= 0.3 is 11.9 Å². The number of anilines is 2. The molecule has 3 amide bonds. The number of nitrogens with one attached hydrogen (secondary N) is 1. The lowest BCUT2D eigenvalue weighted by molar-refractivity contribution is -0.123. The maximum absolute atomic E-state index is 13.1. The highest BCUT2D eigenvalue weighted by Gasteiger charge is 2.60. The predicted molar refractivity (Wildman–Crippen MR) is 142 cm³/mol. The van der Waals surface area contributed by atoms with Crippen molar-refractivity contribution >= 4 is 41.0 Å². The van der Waals surface area contributed by atoms with E-state index >= 15 is 0 Å². The molecule has 0 unspecified atom stereocenters. The van der Waals surface area contributed by atoms with Crippen LogP contribution in [0, 0.1) is 23.7 Å². The maximum atomic E-state index is 13.1. The van der Waals surface area contributed by atoms with Crippen LogP contribution in [0.3, 0.4) is 0 Å². The van der Waals surface area contributed by atoms with Crippen LogP contribution in [0.1, 0.15) is 53.8 Å². The Bertz CT molecular complexity index is 1350. The summed E-state index contributed by atoms with van der Waals surface area (Å²) in [5.74, 6) is -2.41. The zero-order chi connectivity index (χ0) is 27.7. The summed E-state index contributed by atoms with van der Waals surface area (Å²) in [6, 6.07) is 12.3. The Morgan fingerprint density at radius 1 is 0.897 bits per heavy atom. The van der Waals surface area contributed by atoms with Crippen molar-refractivity contribution in [1.82, 2.24) is 0 Å². The van der Waals surface area contributed by atoms with Crippen molar-refractivity contribution in [2.45, 2.75) is 33.1 Å². The van der Waals surface area contributed by atoms with Gasteiger partial charge < -0.3 is 14.8 Å². The van der Waals surface area contributed by atoms with Gasteiger partial charge in [0.1, 0.15) is 0 Å². The Morgan fingerprint density at radius 3 is 2.18 bits per heavy atom. The number of carbonyl (C=O) groups excluding carboxylic acids is 5. The Balaban J connectivity index is 1.12. The van der Waals surface area contributed by atoms with Gasteiger partial charge in [-0.3, -0.25) is 19.3 Å². The molecule has 9 heteroatoms. The maximum Gasteiger partial charge on any atom is 0.338 e. The fraction of sp³-hybridized carbons (Fsp3) is 0.367. The van der Waals surface area contributed by atoms with Crippen molar-refractivity contribution < 1.29 is 33.4 Å². The van der Waals surface area contributed by atoms with E-state index in [4.69, 9.17) is 9.47 Å². The summed E-state index contributed by atoms with van der Waals surface area (Å²) in [7, 11) is 0. The number of hydrogen-bond donors (Lipinski definition) is 1. The molecule has 2 aliphatic carbocycles. The Kier molecular flexibility index (Phi) is 7.32. The normalized spacial score (nSPS) is 22.9. The molecule has 202 valence electrons. The minimum atomic E-state index is -0.712. The van der Waals surface area contributed by atoms with E-state index in [1.807, 2.05) is 13.8 Å². The number of nitrogens with zero attached hydrogens (tertiary/aromatic N) is 1. The molecule has 39 heavy (non-hydrogen) atoms. The number of unbranched alkanes of at least 4 members (excludes halogenated alkanes) is 1. The molecule has 1 N–H and O–H groups in total. The average Bonchev–Trinajstić information content (AvgIpc) is 3.57. The molecule has 2 aromatic carbocycles. The predicted octanol–water partition coefficient (Wildman–Crippen LogP) is 4.14. The number of benzene rings is 2. The van der Waals surface area contributed by atoms with Crippen LogP contribution in [0.2, 0.25) is 0 Å². The summed E-state index contributed by atoms with van der Waals surface area (Å²) in [5, 5.41) is 2.60. The molecule has 0 spiro atoms. The van der Waals surface area contributed by atoms with Crippen molar-refractivity contribution in [2.75, 3.05) is 23.4 Å². The molecule has 2 fully saturated rings.